The number of benzene rings is 2. The zero-order valence-corrected chi connectivity index (χ0v) is 36.2. The van der Waals surface area contributed by atoms with Gasteiger partial charge < -0.3 is 39.8 Å². The minimum atomic E-state index is -0.782. The summed E-state index contributed by atoms with van der Waals surface area (Å²) < 4.78 is 12.5. The standard InChI is InChI=1S/C44H58N6O6S.C2H6/c1-3-5-19-48(23-18-45-30-39(52)35-10-12-38(51)42-36(35)11-13-40(53)47-42)24-27-55-26-15-34-9-6-8-33(29-34)14-20-49-21-16-44(17-22-49)32-50(25-28-56-44)43(54)37-31-57-41(46-37)7-4-2;1-2/h6,8-13,29,31,39,45,51-52H,3,5,14-28,30,32H2,1-2H3,(H,47,53);1-2H3. The number of carbonyl (C=O) groups is 1. The summed E-state index contributed by atoms with van der Waals surface area (Å²) in [5, 5.41) is 27.6. The fraction of sp³-hybridized carbons (Fsp3) is 0.543. The number of rotatable bonds is 19. The number of amides is 1. The van der Waals surface area contributed by atoms with Gasteiger partial charge in [-0.3, -0.25) is 14.5 Å². The summed E-state index contributed by atoms with van der Waals surface area (Å²) in [5.74, 6) is 5.76. The molecule has 1 unspecified atom stereocenters. The van der Waals surface area contributed by atoms with E-state index in [-0.39, 0.29) is 22.8 Å². The number of unbranched alkanes of at least 4 members (excludes halogenated alkanes) is 1. The van der Waals surface area contributed by atoms with E-state index in [0.29, 0.717) is 66.6 Å². The Labute approximate surface area is 353 Å². The summed E-state index contributed by atoms with van der Waals surface area (Å²) in [7, 11) is 0. The highest BCUT2D eigenvalue weighted by Crippen LogP contribution is 2.31. The van der Waals surface area contributed by atoms with E-state index in [1.54, 1.807) is 19.1 Å². The van der Waals surface area contributed by atoms with E-state index in [4.69, 9.17) is 9.47 Å². The van der Waals surface area contributed by atoms with E-state index >= 15 is 0 Å². The third-order valence-electron chi connectivity index (χ3n) is 11.1. The van der Waals surface area contributed by atoms with Crippen molar-refractivity contribution < 1.29 is 24.5 Å². The number of aliphatic hydroxyl groups is 1. The predicted octanol–water partition coefficient (Wildman–Crippen LogP) is 5.62. The number of aromatic amines is 1. The first kappa shape index (κ1) is 45.9. The predicted molar refractivity (Wildman–Crippen MR) is 236 cm³/mol. The van der Waals surface area contributed by atoms with Crippen LogP contribution in [0.15, 0.2) is 58.7 Å². The van der Waals surface area contributed by atoms with Crippen LogP contribution in [-0.2, 0) is 22.3 Å². The molecule has 1 amide bonds. The number of H-pyrrole nitrogens is 1. The van der Waals surface area contributed by atoms with E-state index in [9.17, 15) is 19.8 Å². The largest absolute Gasteiger partial charge is 0.506 e. The molecular weight excluding hydrogens is 765 g/mol. The molecule has 320 valence electrons. The Morgan fingerprint density at radius 1 is 1.08 bits per heavy atom. The molecule has 2 fully saturated rings. The topological polar surface area (TPSA) is 143 Å². The Morgan fingerprint density at radius 2 is 1.88 bits per heavy atom. The van der Waals surface area contributed by atoms with Crippen LogP contribution in [0.5, 0.6) is 5.75 Å². The quantitative estimate of drug-likeness (QED) is 0.0695. The van der Waals surface area contributed by atoms with E-state index in [1.165, 1.54) is 34.6 Å². The lowest BCUT2D eigenvalue weighted by Gasteiger charge is -2.47. The number of nitrogens with one attached hydrogen (secondary N) is 2. The molecule has 13 heteroatoms. The lowest BCUT2D eigenvalue weighted by Crippen LogP contribution is -2.58. The number of phenolic OH excluding ortho intramolecular Hbond substituents is 1. The zero-order chi connectivity index (χ0) is 42.0. The van der Waals surface area contributed by atoms with E-state index in [1.807, 2.05) is 24.1 Å². The maximum absolute atomic E-state index is 13.2. The van der Waals surface area contributed by atoms with Crippen LogP contribution in [0.2, 0.25) is 0 Å². The summed E-state index contributed by atoms with van der Waals surface area (Å²) in [6.07, 6.45) is 5.14. The Bertz CT molecular complexity index is 2030. The summed E-state index contributed by atoms with van der Waals surface area (Å²) >= 11 is 1.41. The molecule has 0 saturated carbocycles. The lowest BCUT2D eigenvalue weighted by atomic mass is 9.89. The Morgan fingerprint density at radius 3 is 2.66 bits per heavy atom. The van der Waals surface area contributed by atoms with Crippen LogP contribution in [-0.4, -0.2) is 132 Å². The molecule has 1 spiro atoms. The maximum atomic E-state index is 13.2. The van der Waals surface area contributed by atoms with Crippen molar-refractivity contribution in [2.75, 3.05) is 85.3 Å². The SMILES string of the molecule is CC.CC#Cc1nc(C(=O)N2CCOC3(CCN(CCc4cccc(CCOCCN(CCCC)CCNCC(O)c5ccc(O)c6[nH]c(=O)ccc56)c4)CC3)C2)cs1. The Balaban J connectivity index is 0.00000326. The molecule has 4 N–H and O–H groups in total. The normalized spacial score (nSPS) is 15.8. The van der Waals surface area contributed by atoms with Gasteiger partial charge in [-0.15, -0.1) is 11.3 Å². The van der Waals surface area contributed by atoms with Crippen LogP contribution < -0.4 is 10.9 Å². The molecule has 59 heavy (non-hydrogen) atoms. The second-order valence-electron chi connectivity index (χ2n) is 15.1. The number of fused-ring (bicyclic) bond motifs is 1. The van der Waals surface area contributed by atoms with Crippen LogP contribution >= 0.6 is 11.3 Å². The highest BCUT2D eigenvalue weighted by molar-refractivity contribution is 7.10. The summed E-state index contributed by atoms with van der Waals surface area (Å²) in [4.78, 5) is 38.9. The third-order valence-corrected chi connectivity index (χ3v) is 11.8. The van der Waals surface area contributed by atoms with Crippen molar-refractivity contribution in [3.8, 4) is 17.6 Å². The van der Waals surface area contributed by atoms with Crippen molar-refractivity contribution in [1.82, 2.24) is 30.0 Å². The maximum Gasteiger partial charge on any atom is 0.273 e. The van der Waals surface area contributed by atoms with Crippen LogP contribution in [0.1, 0.15) is 91.7 Å². The van der Waals surface area contributed by atoms with Gasteiger partial charge in [0, 0.05) is 69.2 Å². The van der Waals surface area contributed by atoms with Gasteiger partial charge in [0.1, 0.15) is 11.4 Å². The number of ether oxygens (including phenoxy) is 2. The lowest BCUT2D eigenvalue weighted by molar-refractivity contribution is -0.127. The van der Waals surface area contributed by atoms with E-state index in [2.05, 4.69) is 68.1 Å². The first-order chi connectivity index (χ1) is 28.8. The van der Waals surface area contributed by atoms with E-state index in [0.717, 1.165) is 84.3 Å². The molecule has 4 heterocycles. The van der Waals surface area contributed by atoms with Crippen LogP contribution in [0.25, 0.3) is 10.9 Å². The van der Waals surface area contributed by atoms with Gasteiger partial charge in [0.15, 0.2) is 5.01 Å². The summed E-state index contributed by atoms with van der Waals surface area (Å²) in [5.41, 5.74) is 3.53. The fourth-order valence-corrected chi connectivity index (χ4v) is 8.46. The molecule has 2 saturated heterocycles. The number of aromatic nitrogens is 2. The highest BCUT2D eigenvalue weighted by atomic mass is 32.1. The van der Waals surface area contributed by atoms with Gasteiger partial charge in [-0.25, -0.2) is 4.98 Å². The number of hydrogen-bond donors (Lipinski definition) is 4. The average molecular weight is 829 g/mol. The third kappa shape index (κ3) is 13.4. The van der Waals surface area contributed by atoms with Gasteiger partial charge in [0.25, 0.3) is 5.91 Å². The number of nitrogens with zero attached hydrogens (tertiary/aromatic N) is 4. The number of phenols is 1. The molecule has 2 aromatic carbocycles. The Kier molecular flexibility index (Phi) is 18.4. The second-order valence-corrected chi connectivity index (χ2v) is 16.0. The minimum Gasteiger partial charge on any atom is -0.506 e. The molecule has 6 rings (SSSR count). The van der Waals surface area contributed by atoms with Gasteiger partial charge in [-0.05, 0) is 80.3 Å². The molecular formula is C46H64N6O6S. The van der Waals surface area contributed by atoms with Crippen LogP contribution in [0, 0.1) is 11.8 Å². The number of piperidine rings is 1. The van der Waals surface area contributed by atoms with Crippen molar-refractivity contribution in [2.24, 2.45) is 0 Å². The minimum absolute atomic E-state index is 0.0159. The molecule has 12 nitrogen and oxygen atoms in total. The number of aliphatic hydroxyl groups excluding tert-OH is 1. The van der Waals surface area contributed by atoms with Crippen molar-refractivity contribution in [3.63, 3.8) is 0 Å². The molecule has 2 aliphatic rings. The van der Waals surface area contributed by atoms with Gasteiger partial charge in [0.2, 0.25) is 5.56 Å². The molecule has 4 aromatic rings. The summed E-state index contributed by atoms with van der Waals surface area (Å²) in [6, 6.07) is 15.1. The van der Waals surface area contributed by atoms with Crippen LogP contribution in [0.4, 0.5) is 0 Å². The second kappa shape index (κ2) is 23.6. The number of thiazole rings is 1. The summed E-state index contributed by atoms with van der Waals surface area (Å²) in [6.45, 7) is 17.7. The average Bonchev–Trinajstić information content (AvgIpc) is 3.73. The van der Waals surface area contributed by atoms with Crippen LogP contribution in [0.3, 0.4) is 0 Å². The van der Waals surface area contributed by atoms with Crippen molar-refractivity contribution in [1.29, 1.82) is 0 Å². The molecule has 0 bridgehead atoms. The first-order valence-electron chi connectivity index (χ1n) is 21.4. The number of likely N-dealkylation sites (tertiary alicyclic amines) is 1. The van der Waals surface area contributed by atoms with Gasteiger partial charge in [-0.2, -0.15) is 0 Å². The molecule has 2 aromatic heterocycles. The Hall–Kier alpha value is -4.13. The zero-order valence-electron chi connectivity index (χ0n) is 35.4. The molecule has 0 aliphatic carbocycles. The number of aromatic hydroxyl groups is 1. The molecule has 2 aliphatic heterocycles. The molecule has 1 atom stereocenters. The first-order valence-corrected chi connectivity index (χ1v) is 22.3. The van der Waals surface area contributed by atoms with Crippen molar-refractivity contribution in [3.05, 3.63) is 91.7 Å². The highest BCUT2D eigenvalue weighted by Gasteiger charge is 2.41. The van der Waals surface area contributed by atoms with Gasteiger partial charge in [-0.1, -0.05) is 63.4 Å². The van der Waals surface area contributed by atoms with Gasteiger partial charge >= 0.3 is 0 Å². The monoisotopic (exact) mass is 828 g/mol. The van der Waals surface area contributed by atoms with Crippen molar-refractivity contribution in [2.45, 2.75) is 77.9 Å². The number of hydrogen-bond acceptors (Lipinski definition) is 11. The smallest absolute Gasteiger partial charge is 0.273 e. The number of morpholine rings is 1. The number of carbonyl (C=O) groups excluding carboxylic acids is 1. The number of pyridine rings is 1. The van der Waals surface area contributed by atoms with Crippen molar-refractivity contribution >= 4 is 28.1 Å². The van der Waals surface area contributed by atoms with Gasteiger partial charge in [0.05, 0.1) is 43.6 Å². The molecule has 0 radical (unpaired) electrons. The van der Waals surface area contributed by atoms with E-state index < -0.39 is 6.10 Å². The fourth-order valence-electron chi connectivity index (χ4n) is 7.77.